The van der Waals surface area contributed by atoms with Crippen LogP contribution < -0.4 is 0 Å². The second-order valence-corrected chi connectivity index (χ2v) is 8.42. The molecule has 0 aromatic heterocycles. The standard InChI is InChI=1S/C22H26O3/c1-12-16(13(2)21(24)25)6-7-17-18-5-4-14-10-15(23)8-9-22(14,3)20(18)11-19(12)17/h6-7,10,13,18,20H,4-5,8-9,11H2,1-3H3,(H,24,25)/t13-,18?,20?,22-/m0/s1. The molecule has 1 fully saturated rings. The number of carbonyl (C=O) groups is 2. The number of fused-ring (bicyclic) bond motifs is 5. The molecule has 1 aromatic rings. The lowest BCUT2D eigenvalue weighted by molar-refractivity contribution is -0.138. The number of hydrogen-bond acceptors (Lipinski definition) is 2. The Morgan fingerprint density at radius 1 is 1.32 bits per heavy atom. The zero-order valence-electron chi connectivity index (χ0n) is 15.3. The van der Waals surface area contributed by atoms with Gasteiger partial charge in [-0.2, -0.15) is 0 Å². The molecule has 3 aliphatic carbocycles. The van der Waals surface area contributed by atoms with Crippen molar-refractivity contribution in [1.82, 2.24) is 0 Å². The molecule has 0 spiro atoms. The van der Waals surface area contributed by atoms with Crippen LogP contribution in [-0.4, -0.2) is 16.9 Å². The van der Waals surface area contributed by atoms with Crippen LogP contribution in [0.5, 0.6) is 0 Å². The second kappa shape index (κ2) is 5.55. The molecular weight excluding hydrogens is 312 g/mol. The molecule has 0 radical (unpaired) electrons. The minimum absolute atomic E-state index is 0.126. The molecule has 3 aliphatic rings. The van der Waals surface area contributed by atoms with Gasteiger partial charge in [0.15, 0.2) is 5.78 Å². The van der Waals surface area contributed by atoms with Crippen LogP contribution in [0.2, 0.25) is 0 Å². The fourth-order valence-corrected chi connectivity index (χ4v) is 5.69. The van der Waals surface area contributed by atoms with E-state index in [-0.39, 0.29) is 11.2 Å². The number of rotatable bonds is 2. The first-order valence-corrected chi connectivity index (χ1v) is 9.42. The number of carbonyl (C=O) groups excluding carboxylic acids is 1. The smallest absolute Gasteiger partial charge is 0.310 e. The van der Waals surface area contributed by atoms with Crippen molar-refractivity contribution >= 4 is 11.8 Å². The first kappa shape index (κ1) is 16.6. The van der Waals surface area contributed by atoms with Crippen molar-refractivity contribution in [2.24, 2.45) is 11.3 Å². The molecule has 0 bridgehead atoms. The van der Waals surface area contributed by atoms with E-state index in [2.05, 4.69) is 19.9 Å². The maximum Gasteiger partial charge on any atom is 0.310 e. The third kappa shape index (κ3) is 2.32. The summed E-state index contributed by atoms with van der Waals surface area (Å²) < 4.78 is 0. The topological polar surface area (TPSA) is 54.4 Å². The highest BCUT2D eigenvalue weighted by atomic mass is 16.4. The molecule has 4 atom stereocenters. The lowest BCUT2D eigenvalue weighted by Gasteiger charge is -2.47. The van der Waals surface area contributed by atoms with E-state index < -0.39 is 11.9 Å². The number of benzene rings is 1. The van der Waals surface area contributed by atoms with E-state index in [0.29, 0.717) is 18.3 Å². The molecule has 2 unspecified atom stereocenters. The van der Waals surface area contributed by atoms with Crippen molar-refractivity contribution in [2.45, 2.75) is 64.7 Å². The third-order valence-corrected chi connectivity index (χ3v) is 7.33. The van der Waals surface area contributed by atoms with Gasteiger partial charge in [-0.25, -0.2) is 0 Å². The zero-order valence-corrected chi connectivity index (χ0v) is 15.3. The zero-order chi connectivity index (χ0) is 17.9. The van der Waals surface area contributed by atoms with Crippen LogP contribution in [0.25, 0.3) is 0 Å². The number of aliphatic carboxylic acids is 1. The van der Waals surface area contributed by atoms with Crippen LogP contribution in [0, 0.1) is 18.3 Å². The van der Waals surface area contributed by atoms with Gasteiger partial charge in [0.1, 0.15) is 0 Å². The highest BCUT2D eigenvalue weighted by Gasteiger charge is 2.50. The van der Waals surface area contributed by atoms with E-state index in [1.807, 2.05) is 12.1 Å². The Bertz CT molecular complexity index is 804. The van der Waals surface area contributed by atoms with Crippen molar-refractivity contribution in [1.29, 1.82) is 0 Å². The molecule has 3 nitrogen and oxygen atoms in total. The van der Waals surface area contributed by atoms with Crippen LogP contribution in [0.3, 0.4) is 0 Å². The molecule has 1 aromatic carbocycles. The van der Waals surface area contributed by atoms with E-state index in [9.17, 15) is 14.7 Å². The summed E-state index contributed by atoms with van der Waals surface area (Å²) in [6.45, 7) is 6.21. The van der Waals surface area contributed by atoms with Crippen molar-refractivity contribution < 1.29 is 14.7 Å². The Kier molecular flexibility index (Phi) is 3.68. The maximum absolute atomic E-state index is 11.9. The quantitative estimate of drug-likeness (QED) is 0.862. The van der Waals surface area contributed by atoms with E-state index in [4.69, 9.17) is 0 Å². The van der Waals surface area contributed by atoms with Crippen molar-refractivity contribution in [3.8, 4) is 0 Å². The van der Waals surface area contributed by atoms with Crippen LogP contribution in [-0.2, 0) is 16.0 Å². The van der Waals surface area contributed by atoms with Gasteiger partial charge < -0.3 is 5.11 Å². The molecule has 132 valence electrons. The molecule has 0 amide bonds. The van der Waals surface area contributed by atoms with Gasteiger partial charge in [0.25, 0.3) is 0 Å². The van der Waals surface area contributed by atoms with E-state index >= 15 is 0 Å². The van der Waals surface area contributed by atoms with E-state index in [0.717, 1.165) is 31.2 Å². The second-order valence-electron chi connectivity index (χ2n) is 8.42. The van der Waals surface area contributed by atoms with E-state index in [1.54, 1.807) is 6.92 Å². The highest BCUT2D eigenvalue weighted by molar-refractivity contribution is 5.91. The van der Waals surface area contributed by atoms with Crippen molar-refractivity contribution in [3.63, 3.8) is 0 Å². The first-order valence-electron chi connectivity index (χ1n) is 9.42. The van der Waals surface area contributed by atoms with Crippen LogP contribution in [0.15, 0.2) is 23.8 Å². The molecule has 0 aliphatic heterocycles. The lowest BCUT2D eigenvalue weighted by Crippen LogP contribution is -2.39. The molecule has 1 saturated carbocycles. The van der Waals surface area contributed by atoms with Gasteiger partial charge >= 0.3 is 5.97 Å². The lowest BCUT2D eigenvalue weighted by atomic mass is 9.57. The summed E-state index contributed by atoms with van der Waals surface area (Å²) in [4.78, 5) is 23.3. The number of ketones is 1. The molecule has 25 heavy (non-hydrogen) atoms. The fraction of sp³-hybridized carbons (Fsp3) is 0.545. The highest BCUT2D eigenvalue weighted by Crippen LogP contribution is 2.60. The third-order valence-electron chi connectivity index (χ3n) is 7.33. The first-order chi connectivity index (χ1) is 11.8. The Hall–Kier alpha value is -1.90. The average Bonchev–Trinajstić information content (AvgIpc) is 2.96. The van der Waals surface area contributed by atoms with Crippen LogP contribution in [0.4, 0.5) is 0 Å². The average molecular weight is 338 g/mol. The Morgan fingerprint density at radius 3 is 2.80 bits per heavy atom. The monoisotopic (exact) mass is 338 g/mol. The molecule has 0 saturated heterocycles. The van der Waals surface area contributed by atoms with Gasteiger partial charge in [0, 0.05) is 6.42 Å². The number of carboxylic acids is 1. The Labute approximate surface area is 149 Å². The minimum atomic E-state index is -0.763. The summed E-state index contributed by atoms with van der Waals surface area (Å²) in [5.74, 6) is 0.158. The van der Waals surface area contributed by atoms with Gasteiger partial charge in [-0.1, -0.05) is 24.6 Å². The van der Waals surface area contributed by atoms with Gasteiger partial charge in [-0.05, 0) is 85.1 Å². The molecule has 3 heteroatoms. The predicted molar refractivity (Wildman–Crippen MR) is 96.8 cm³/mol. The van der Waals surface area contributed by atoms with Gasteiger partial charge in [0.05, 0.1) is 5.92 Å². The molecule has 0 heterocycles. The normalized spacial score (nSPS) is 31.6. The van der Waals surface area contributed by atoms with E-state index in [1.165, 1.54) is 22.3 Å². The predicted octanol–water partition coefficient (Wildman–Crippen LogP) is 4.53. The number of carboxylic acid groups (broad SMARTS) is 1. The Morgan fingerprint density at radius 2 is 2.08 bits per heavy atom. The Balaban J connectivity index is 1.76. The number of hydrogen-bond donors (Lipinski definition) is 1. The molecular formula is C22H26O3. The summed E-state index contributed by atoms with van der Waals surface area (Å²) in [6.07, 6.45) is 6.71. The number of allylic oxidation sites excluding steroid dienone is 2. The van der Waals surface area contributed by atoms with Gasteiger partial charge in [0.2, 0.25) is 0 Å². The maximum atomic E-state index is 11.9. The minimum Gasteiger partial charge on any atom is -0.481 e. The van der Waals surface area contributed by atoms with Gasteiger partial charge in [-0.15, -0.1) is 0 Å². The van der Waals surface area contributed by atoms with Crippen LogP contribution in [0.1, 0.15) is 73.6 Å². The van der Waals surface area contributed by atoms with Crippen molar-refractivity contribution in [2.75, 3.05) is 0 Å². The summed E-state index contributed by atoms with van der Waals surface area (Å²) in [5, 5.41) is 9.40. The summed E-state index contributed by atoms with van der Waals surface area (Å²) in [6, 6.07) is 4.22. The largest absolute Gasteiger partial charge is 0.481 e. The molecule has 1 N–H and O–H groups in total. The SMILES string of the molecule is Cc1c([C@H](C)C(=O)O)ccc2c1CC1C2CCC2=CC(=O)CC[C@@]21C. The van der Waals surface area contributed by atoms with Crippen LogP contribution >= 0.6 is 0 Å². The fourth-order valence-electron chi connectivity index (χ4n) is 5.69. The summed E-state index contributed by atoms with van der Waals surface area (Å²) >= 11 is 0. The summed E-state index contributed by atoms with van der Waals surface area (Å²) in [7, 11) is 0. The van der Waals surface area contributed by atoms with Gasteiger partial charge in [-0.3, -0.25) is 9.59 Å². The molecule has 4 rings (SSSR count). The summed E-state index contributed by atoms with van der Waals surface area (Å²) in [5.41, 5.74) is 6.41. The van der Waals surface area contributed by atoms with Crippen molar-refractivity contribution in [3.05, 3.63) is 46.0 Å².